The van der Waals surface area contributed by atoms with Crippen molar-refractivity contribution in [2.75, 3.05) is 0 Å². The first-order valence-electron chi connectivity index (χ1n) is 8.89. The van der Waals surface area contributed by atoms with Crippen LogP contribution in [0.15, 0.2) is 42.5 Å². The maximum atomic E-state index is 11.9. The summed E-state index contributed by atoms with van der Waals surface area (Å²) < 4.78 is 0. The molecule has 0 saturated heterocycles. The van der Waals surface area contributed by atoms with E-state index in [2.05, 4.69) is 0 Å². The summed E-state index contributed by atoms with van der Waals surface area (Å²) in [5.41, 5.74) is 4.91. The number of Topliss-reactive ketones (excluding diaryl/α,β-unsaturated/α-hetero) is 1. The van der Waals surface area contributed by atoms with Gasteiger partial charge >= 0.3 is 29.6 Å². The first-order valence-corrected chi connectivity index (χ1v) is 8.89. The summed E-state index contributed by atoms with van der Waals surface area (Å²) in [4.78, 5) is 23.3. The Labute approximate surface area is 177 Å². The second-order valence-corrected chi connectivity index (χ2v) is 7.09. The molecule has 0 bridgehead atoms. The average Bonchev–Trinajstić information content (AvgIpc) is 2.99. The van der Waals surface area contributed by atoms with E-state index in [1.807, 2.05) is 49.4 Å². The molecular weight excluding hydrogens is 335 g/mol. The van der Waals surface area contributed by atoms with E-state index in [9.17, 15) is 14.7 Å². The minimum atomic E-state index is -1.08. The SMILES string of the molecule is Cc1ccc(-c2cc(CC3CCCC3=O)ccc2C(C)C(=O)[O-])cc1.[Na+]. The minimum Gasteiger partial charge on any atom is -0.550 e. The van der Waals surface area contributed by atoms with Gasteiger partial charge in [0.15, 0.2) is 0 Å². The predicted octanol–water partition coefficient (Wildman–Crippen LogP) is 0.431. The Hall–Kier alpha value is -1.42. The van der Waals surface area contributed by atoms with Gasteiger partial charge in [-0.1, -0.05) is 55.0 Å². The van der Waals surface area contributed by atoms with Gasteiger partial charge in [0.2, 0.25) is 0 Å². The van der Waals surface area contributed by atoms with Crippen molar-refractivity contribution in [2.24, 2.45) is 5.92 Å². The molecule has 1 aliphatic carbocycles. The molecule has 26 heavy (non-hydrogen) atoms. The van der Waals surface area contributed by atoms with Crippen LogP contribution in [0, 0.1) is 12.8 Å². The fourth-order valence-electron chi connectivity index (χ4n) is 3.61. The molecule has 2 aromatic carbocycles. The molecule has 0 N–H and O–H groups in total. The third kappa shape index (κ3) is 4.64. The van der Waals surface area contributed by atoms with Crippen molar-refractivity contribution in [1.29, 1.82) is 0 Å². The predicted molar refractivity (Wildman–Crippen MR) is 96.1 cm³/mol. The van der Waals surface area contributed by atoms with Gasteiger partial charge in [0.25, 0.3) is 0 Å². The fourth-order valence-corrected chi connectivity index (χ4v) is 3.61. The largest absolute Gasteiger partial charge is 1.00 e. The van der Waals surface area contributed by atoms with Gasteiger partial charge < -0.3 is 9.90 Å². The number of ketones is 1. The van der Waals surface area contributed by atoms with Crippen LogP contribution in [0.3, 0.4) is 0 Å². The van der Waals surface area contributed by atoms with Crippen LogP contribution in [-0.2, 0) is 16.0 Å². The van der Waals surface area contributed by atoms with Crippen molar-refractivity contribution in [3.63, 3.8) is 0 Å². The normalized spacial score (nSPS) is 17.6. The van der Waals surface area contributed by atoms with E-state index in [0.29, 0.717) is 12.2 Å². The van der Waals surface area contributed by atoms with E-state index in [4.69, 9.17) is 0 Å². The number of benzene rings is 2. The molecule has 0 spiro atoms. The molecule has 0 radical (unpaired) electrons. The summed E-state index contributed by atoms with van der Waals surface area (Å²) in [6, 6.07) is 14.0. The summed E-state index contributed by atoms with van der Waals surface area (Å²) in [6.07, 6.45) is 3.36. The number of carboxylic acids is 1. The van der Waals surface area contributed by atoms with E-state index in [0.717, 1.165) is 47.1 Å². The summed E-state index contributed by atoms with van der Waals surface area (Å²) in [5, 5.41) is 11.4. The molecule has 3 rings (SSSR count). The van der Waals surface area contributed by atoms with Gasteiger partial charge in [0, 0.05) is 24.2 Å². The Morgan fingerprint density at radius 2 is 1.88 bits per heavy atom. The standard InChI is InChI=1S/C22H24O3.Na/c1-14-6-9-17(10-7-14)20-13-16(12-18-4-3-5-21(18)23)8-11-19(20)15(2)22(24)25;/h6-11,13,15,18H,3-5,12H2,1-2H3,(H,24,25);/q;+1/p-1. The van der Waals surface area contributed by atoms with Gasteiger partial charge in [-0.25, -0.2) is 0 Å². The van der Waals surface area contributed by atoms with E-state index in [1.165, 1.54) is 0 Å². The van der Waals surface area contributed by atoms with Crippen molar-refractivity contribution >= 4 is 11.8 Å². The van der Waals surface area contributed by atoms with Crippen molar-refractivity contribution in [1.82, 2.24) is 0 Å². The second-order valence-electron chi connectivity index (χ2n) is 7.09. The fraction of sp³-hybridized carbons (Fsp3) is 0.364. The second kappa shape index (κ2) is 8.98. The zero-order valence-electron chi connectivity index (χ0n) is 15.7. The van der Waals surface area contributed by atoms with Gasteiger partial charge in [0.1, 0.15) is 5.78 Å². The summed E-state index contributed by atoms with van der Waals surface area (Å²) in [6.45, 7) is 3.68. The third-order valence-electron chi connectivity index (χ3n) is 5.21. The molecule has 0 amide bonds. The Morgan fingerprint density at radius 1 is 1.19 bits per heavy atom. The number of hydrogen-bond acceptors (Lipinski definition) is 3. The maximum absolute atomic E-state index is 11.9. The number of hydrogen-bond donors (Lipinski definition) is 0. The van der Waals surface area contributed by atoms with Crippen LogP contribution in [0.2, 0.25) is 0 Å². The van der Waals surface area contributed by atoms with Crippen molar-refractivity contribution < 1.29 is 44.3 Å². The number of carboxylic acid groups (broad SMARTS) is 1. The Balaban J connectivity index is 0.00000243. The monoisotopic (exact) mass is 358 g/mol. The minimum absolute atomic E-state index is 0. The molecule has 130 valence electrons. The number of aryl methyl sites for hydroxylation is 1. The summed E-state index contributed by atoms with van der Waals surface area (Å²) in [5.74, 6) is -1.30. The van der Waals surface area contributed by atoms with E-state index in [-0.39, 0.29) is 35.5 Å². The van der Waals surface area contributed by atoms with Crippen LogP contribution >= 0.6 is 0 Å². The molecule has 0 aromatic heterocycles. The average molecular weight is 358 g/mol. The first kappa shape index (κ1) is 20.9. The van der Waals surface area contributed by atoms with Crippen LogP contribution in [0.4, 0.5) is 0 Å². The Bertz CT molecular complexity index is 796. The molecule has 2 atom stereocenters. The molecule has 3 nitrogen and oxygen atoms in total. The van der Waals surface area contributed by atoms with Crippen LogP contribution < -0.4 is 34.7 Å². The summed E-state index contributed by atoms with van der Waals surface area (Å²) in [7, 11) is 0. The van der Waals surface area contributed by atoms with Crippen LogP contribution in [0.1, 0.15) is 48.8 Å². The molecule has 2 unspecified atom stereocenters. The van der Waals surface area contributed by atoms with Gasteiger partial charge in [-0.3, -0.25) is 4.79 Å². The smallest absolute Gasteiger partial charge is 0.550 e. The van der Waals surface area contributed by atoms with Gasteiger partial charge in [0.05, 0.1) is 0 Å². The Morgan fingerprint density at radius 3 is 2.46 bits per heavy atom. The van der Waals surface area contributed by atoms with Crippen LogP contribution in [0.25, 0.3) is 11.1 Å². The van der Waals surface area contributed by atoms with Gasteiger partial charge in [-0.05, 0) is 48.4 Å². The molecular formula is C22H23NaO3. The van der Waals surface area contributed by atoms with Crippen LogP contribution in [0.5, 0.6) is 0 Å². The molecule has 0 aliphatic heterocycles. The van der Waals surface area contributed by atoms with Crippen molar-refractivity contribution in [3.05, 3.63) is 59.2 Å². The molecule has 4 heteroatoms. The van der Waals surface area contributed by atoms with Crippen molar-refractivity contribution in [2.45, 2.75) is 45.4 Å². The van der Waals surface area contributed by atoms with E-state index in [1.54, 1.807) is 6.92 Å². The first-order chi connectivity index (χ1) is 12.0. The molecule has 1 fully saturated rings. The number of carbonyl (C=O) groups is 2. The zero-order chi connectivity index (χ0) is 18.0. The third-order valence-corrected chi connectivity index (χ3v) is 5.21. The molecule has 1 saturated carbocycles. The van der Waals surface area contributed by atoms with Crippen molar-refractivity contribution in [3.8, 4) is 11.1 Å². The molecule has 2 aromatic rings. The zero-order valence-corrected chi connectivity index (χ0v) is 17.7. The maximum Gasteiger partial charge on any atom is 1.00 e. The van der Waals surface area contributed by atoms with E-state index < -0.39 is 11.9 Å². The summed E-state index contributed by atoms with van der Waals surface area (Å²) >= 11 is 0. The number of carbonyl (C=O) groups excluding carboxylic acids is 2. The van der Waals surface area contributed by atoms with Gasteiger partial charge in [-0.15, -0.1) is 0 Å². The number of rotatable bonds is 5. The van der Waals surface area contributed by atoms with E-state index >= 15 is 0 Å². The molecule has 0 heterocycles. The quantitative estimate of drug-likeness (QED) is 0.729. The van der Waals surface area contributed by atoms with Crippen LogP contribution in [-0.4, -0.2) is 11.8 Å². The number of aliphatic carboxylic acids is 1. The topological polar surface area (TPSA) is 57.2 Å². The Kier molecular flexibility index (Phi) is 7.22. The molecule has 1 aliphatic rings. The van der Waals surface area contributed by atoms with Gasteiger partial charge in [-0.2, -0.15) is 0 Å².